The molecule has 2 amide bonds. The van der Waals surface area contributed by atoms with Gasteiger partial charge in [0.2, 0.25) is 0 Å². The van der Waals surface area contributed by atoms with Crippen molar-refractivity contribution in [1.29, 1.82) is 0 Å². The van der Waals surface area contributed by atoms with Crippen molar-refractivity contribution in [3.63, 3.8) is 0 Å². The largest absolute Gasteiger partial charge is 0.480 e. The van der Waals surface area contributed by atoms with Crippen molar-refractivity contribution in [1.82, 2.24) is 9.88 Å². The Bertz CT molecular complexity index is 1040. The minimum Gasteiger partial charge on any atom is -0.480 e. The quantitative estimate of drug-likeness (QED) is 0.473. The molecule has 30 heavy (non-hydrogen) atoms. The number of Topliss-reactive ketones (excluding diaryl/α,β-unsaturated/α-hetero) is 1. The molecule has 3 N–H and O–H groups in total. The first-order chi connectivity index (χ1) is 14.0. The van der Waals surface area contributed by atoms with Crippen molar-refractivity contribution in [3.8, 4) is 0 Å². The fourth-order valence-electron chi connectivity index (χ4n) is 3.22. The highest BCUT2D eigenvalue weighted by Gasteiger charge is 2.30. The van der Waals surface area contributed by atoms with Gasteiger partial charge in [0.05, 0.1) is 11.3 Å². The van der Waals surface area contributed by atoms with Gasteiger partial charge in [-0.2, -0.15) is 0 Å². The third-order valence-electron chi connectivity index (χ3n) is 5.01. The number of aliphatic carboxylic acids is 1. The van der Waals surface area contributed by atoms with Gasteiger partial charge in [0.1, 0.15) is 11.9 Å². The van der Waals surface area contributed by atoms with Crippen LogP contribution in [0.3, 0.4) is 0 Å². The highest BCUT2D eigenvalue weighted by atomic mass is 19.1. The van der Waals surface area contributed by atoms with Crippen molar-refractivity contribution >= 4 is 29.3 Å². The molecule has 2 rings (SSSR count). The molecule has 1 aromatic heterocycles. The molecule has 0 unspecified atom stereocenters. The van der Waals surface area contributed by atoms with Crippen LogP contribution in [0.2, 0.25) is 0 Å². The first-order valence-electron chi connectivity index (χ1n) is 9.30. The number of benzene rings is 1. The van der Waals surface area contributed by atoms with Crippen LogP contribution >= 0.6 is 0 Å². The Hall–Kier alpha value is -3.49. The van der Waals surface area contributed by atoms with Crippen molar-refractivity contribution < 1.29 is 28.7 Å². The van der Waals surface area contributed by atoms with Gasteiger partial charge >= 0.3 is 5.97 Å². The molecule has 0 radical (unpaired) electrons. The van der Waals surface area contributed by atoms with E-state index in [2.05, 4.69) is 10.6 Å². The normalized spacial score (nSPS) is 11.7. The number of halogens is 1. The van der Waals surface area contributed by atoms with Crippen molar-refractivity contribution in [2.75, 3.05) is 5.32 Å². The van der Waals surface area contributed by atoms with E-state index in [0.29, 0.717) is 16.9 Å². The molecule has 9 heteroatoms. The first-order valence-corrected chi connectivity index (χ1v) is 9.30. The summed E-state index contributed by atoms with van der Waals surface area (Å²) in [6.45, 7) is 6.30. The van der Waals surface area contributed by atoms with Gasteiger partial charge in [-0.25, -0.2) is 9.18 Å². The van der Waals surface area contributed by atoms with Crippen molar-refractivity contribution in [2.45, 2.75) is 40.2 Å². The van der Waals surface area contributed by atoms with Crippen LogP contribution in [0, 0.1) is 26.6 Å². The molecule has 0 spiro atoms. The van der Waals surface area contributed by atoms with Crippen LogP contribution in [0.4, 0.5) is 10.1 Å². The number of nitrogens with one attached hydrogen (secondary N) is 2. The van der Waals surface area contributed by atoms with Gasteiger partial charge in [-0.1, -0.05) is 6.92 Å². The number of hydrogen-bond acceptors (Lipinski definition) is 4. The van der Waals surface area contributed by atoms with Gasteiger partial charge in [-0.15, -0.1) is 0 Å². The van der Waals surface area contributed by atoms with E-state index in [1.54, 1.807) is 20.8 Å². The Kier molecular flexibility index (Phi) is 6.76. The minimum absolute atomic E-state index is 0.00863. The van der Waals surface area contributed by atoms with Crippen molar-refractivity contribution in [2.24, 2.45) is 7.05 Å². The summed E-state index contributed by atoms with van der Waals surface area (Å²) >= 11 is 0. The molecule has 0 saturated heterocycles. The Morgan fingerprint density at radius 1 is 1.17 bits per heavy atom. The van der Waals surface area contributed by atoms with E-state index in [4.69, 9.17) is 5.11 Å². The van der Waals surface area contributed by atoms with Crippen LogP contribution < -0.4 is 10.6 Å². The fraction of sp³-hybridized carbons (Fsp3) is 0.333. The maximum Gasteiger partial charge on any atom is 0.326 e. The predicted octanol–water partition coefficient (Wildman–Crippen LogP) is 2.50. The smallest absolute Gasteiger partial charge is 0.326 e. The zero-order valence-electron chi connectivity index (χ0n) is 17.4. The number of nitrogens with zero attached hydrogens (tertiary/aromatic N) is 1. The molecular formula is C21H24FN3O5. The molecule has 0 aliphatic carbocycles. The maximum atomic E-state index is 13.4. The lowest BCUT2D eigenvalue weighted by molar-refractivity contribution is -0.141. The molecule has 0 aliphatic rings. The molecule has 0 aliphatic heterocycles. The average molecular weight is 417 g/mol. The van der Waals surface area contributed by atoms with E-state index in [1.165, 1.54) is 36.7 Å². The second kappa shape index (κ2) is 8.89. The number of anilines is 1. The Balaban J connectivity index is 2.34. The molecule has 0 saturated carbocycles. The summed E-state index contributed by atoms with van der Waals surface area (Å²) in [5.74, 6) is -4.15. The summed E-state index contributed by atoms with van der Waals surface area (Å²) in [6, 6.07) is 2.95. The van der Waals surface area contributed by atoms with E-state index in [0.717, 1.165) is 0 Å². The van der Waals surface area contributed by atoms with Gasteiger partial charge in [0, 0.05) is 18.4 Å². The van der Waals surface area contributed by atoms with Crippen LogP contribution in [-0.2, 0) is 16.6 Å². The van der Waals surface area contributed by atoms with E-state index in [-0.39, 0.29) is 23.2 Å². The fourth-order valence-corrected chi connectivity index (χ4v) is 3.22. The van der Waals surface area contributed by atoms with Gasteiger partial charge < -0.3 is 20.3 Å². The summed E-state index contributed by atoms with van der Waals surface area (Å²) in [7, 11) is 1.54. The number of ketones is 1. The molecule has 0 fully saturated rings. The molecular weight excluding hydrogens is 393 g/mol. The van der Waals surface area contributed by atoms with Gasteiger partial charge in [0.15, 0.2) is 0 Å². The summed E-state index contributed by atoms with van der Waals surface area (Å²) in [4.78, 5) is 48.9. The maximum absolute atomic E-state index is 13.4. The lowest BCUT2D eigenvalue weighted by atomic mass is 10.1. The molecule has 2 aromatic rings. The highest BCUT2D eigenvalue weighted by molar-refractivity contribution is 6.43. The number of carboxylic acid groups (broad SMARTS) is 1. The number of carbonyl (C=O) groups excluding carboxylic acids is 3. The molecule has 8 nitrogen and oxygen atoms in total. The molecule has 1 atom stereocenters. The summed E-state index contributed by atoms with van der Waals surface area (Å²) in [5, 5.41) is 13.9. The van der Waals surface area contributed by atoms with E-state index in [1.807, 2.05) is 0 Å². The first kappa shape index (κ1) is 22.8. The minimum atomic E-state index is -1.24. The lowest BCUT2D eigenvalue weighted by Gasteiger charge is -2.12. The third kappa shape index (κ3) is 4.40. The van der Waals surface area contributed by atoms with E-state index >= 15 is 0 Å². The zero-order valence-corrected chi connectivity index (χ0v) is 17.4. The van der Waals surface area contributed by atoms with Crippen molar-refractivity contribution in [3.05, 3.63) is 52.1 Å². The van der Waals surface area contributed by atoms with Crippen LogP contribution in [0.15, 0.2) is 18.2 Å². The topological polar surface area (TPSA) is 117 Å². The number of carbonyl (C=O) groups is 4. The SMILES string of the molecule is CC[C@@H](NC(=O)C(=O)c1c(C)c(C(=O)Nc2ccc(F)c(C)c2)c(C)n1C)C(=O)O. The van der Waals surface area contributed by atoms with Crippen LogP contribution in [0.5, 0.6) is 0 Å². The summed E-state index contributed by atoms with van der Waals surface area (Å²) in [6.07, 6.45) is 0.115. The highest BCUT2D eigenvalue weighted by Crippen LogP contribution is 2.24. The summed E-state index contributed by atoms with van der Waals surface area (Å²) in [5.41, 5.74) is 1.69. The number of aromatic nitrogens is 1. The van der Waals surface area contributed by atoms with E-state index < -0.39 is 35.4 Å². The molecule has 1 aromatic carbocycles. The number of hydrogen-bond donors (Lipinski definition) is 3. The average Bonchev–Trinajstić information content (AvgIpc) is 2.90. The number of carboxylic acids is 1. The lowest BCUT2D eigenvalue weighted by Crippen LogP contribution is -2.44. The van der Waals surface area contributed by atoms with Crippen LogP contribution in [-0.4, -0.2) is 39.3 Å². The van der Waals surface area contributed by atoms with Gasteiger partial charge in [0.25, 0.3) is 17.6 Å². The van der Waals surface area contributed by atoms with E-state index in [9.17, 15) is 23.6 Å². The second-order valence-corrected chi connectivity index (χ2v) is 7.01. The number of amides is 2. The Morgan fingerprint density at radius 2 is 1.80 bits per heavy atom. The van der Waals surface area contributed by atoms with Crippen LogP contribution in [0.25, 0.3) is 0 Å². The number of rotatable bonds is 7. The monoisotopic (exact) mass is 417 g/mol. The van der Waals surface area contributed by atoms with Gasteiger partial charge in [-0.3, -0.25) is 14.4 Å². The molecule has 1 heterocycles. The second-order valence-electron chi connectivity index (χ2n) is 7.01. The Morgan fingerprint density at radius 3 is 2.33 bits per heavy atom. The predicted molar refractivity (Wildman–Crippen MR) is 108 cm³/mol. The zero-order chi connectivity index (χ0) is 22.7. The Labute approximate surface area is 173 Å². The standard InChI is InChI=1S/C21H24FN3O5/c1-6-15(21(29)30)24-20(28)18(26)17-11(3)16(12(4)25(17)5)19(27)23-13-7-8-14(22)10(2)9-13/h7-9,15H,6H2,1-5H3,(H,23,27)(H,24,28)(H,29,30)/t15-/m1/s1. The molecule has 160 valence electrons. The summed E-state index contributed by atoms with van der Waals surface area (Å²) < 4.78 is 14.9. The third-order valence-corrected chi connectivity index (χ3v) is 5.01. The number of aryl methyl sites for hydroxylation is 1. The molecule has 0 bridgehead atoms. The van der Waals surface area contributed by atoms with Crippen LogP contribution in [0.1, 0.15) is 51.0 Å². The van der Waals surface area contributed by atoms with Gasteiger partial charge in [-0.05, 0) is 56.5 Å².